The van der Waals surface area contributed by atoms with Crippen LogP contribution in [0.4, 0.5) is 0 Å². The Morgan fingerprint density at radius 1 is 0.969 bits per heavy atom. The zero-order valence-corrected chi connectivity index (χ0v) is 16.5. The fourth-order valence-electron chi connectivity index (χ4n) is 3.67. The fraction of sp³-hybridized carbons (Fsp3) is 0.381. The molecule has 0 amide bonds. The average Bonchev–Trinajstić information content (AvgIpc) is 2.77. The van der Waals surface area contributed by atoms with Crippen LogP contribution in [-0.4, -0.2) is 78.8 Å². The van der Waals surface area contributed by atoms with Gasteiger partial charge in [0.05, 0.1) is 18.6 Å². The van der Waals surface area contributed by atoms with Crippen molar-refractivity contribution in [3.63, 3.8) is 0 Å². The molecule has 2 heterocycles. The van der Waals surface area contributed by atoms with Crippen LogP contribution in [0.2, 0.25) is 0 Å². The van der Waals surface area contributed by atoms with Crippen molar-refractivity contribution in [3.8, 4) is 28.7 Å². The lowest BCUT2D eigenvalue weighted by molar-refractivity contribution is -0.277. The smallest absolute Gasteiger partial charge is 0.229 e. The Kier molecular flexibility index (Phi) is 5.84. The molecule has 0 aliphatic carbocycles. The summed E-state index contributed by atoms with van der Waals surface area (Å²) < 4.78 is 16.5. The second-order valence-corrected chi connectivity index (χ2v) is 7.59. The van der Waals surface area contributed by atoms with Crippen LogP contribution in [0, 0.1) is 0 Å². The quantitative estimate of drug-likeness (QED) is 0.303. The molecule has 0 spiro atoms. The van der Waals surface area contributed by atoms with Crippen molar-refractivity contribution in [3.05, 3.63) is 41.5 Å². The lowest BCUT2D eigenvalue weighted by Gasteiger charge is -2.39. The molecule has 172 valence electrons. The number of fused-ring (bicyclic) bond motifs is 1. The summed E-state index contributed by atoms with van der Waals surface area (Å²) in [5.74, 6) is -2.09. The molecule has 0 aromatic heterocycles. The SMILES string of the molecule is O=C1C[C@H](c2ccc(O)c(O)c2)Oc2c1ccc(O[C@@H]1O[C@@H](CO)[C@@H](O)[C@@H](O)[C@H]1O)c2O. The van der Waals surface area contributed by atoms with Gasteiger partial charge in [-0.3, -0.25) is 4.79 Å². The standard InChI is InChI=1S/C21H22O11/c22-7-15-16(26)18(28)19(29)21(32-15)31-13-4-2-9-11(24)6-14(30-20(9)17(13)27)8-1-3-10(23)12(25)5-8/h1-5,14-16,18-19,21-23,25-29H,6-7H2/t14-,15+,16-,18-,19-,21-/m1/s1. The number of ether oxygens (including phenoxy) is 3. The van der Waals surface area contributed by atoms with Crippen LogP contribution in [0.15, 0.2) is 30.3 Å². The van der Waals surface area contributed by atoms with E-state index < -0.39 is 54.9 Å². The van der Waals surface area contributed by atoms with Gasteiger partial charge in [-0.05, 0) is 29.8 Å². The molecular formula is C21H22O11. The number of phenolic OH excluding ortho intramolecular Hbond substituents is 3. The zero-order valence-electron chi connectivity index (χ0n) is 16.5. The third kappa shape index (κ3) is 3.80. The summed E-state index contributed by atoms with van der Waals surface area (Å²) in [6.45, 7) is -0.653. The summed E-state index contributed by atoms with van der Waals surface area (Å²) in [7, 11) is 0. The molecule has 11 heteroatoms. The lowest BCUT2D eigenvalue weighted by Crippen LogP contribution is -2.60. The molecule has 32 heavy (non-hydrogen) atoms. The highest BCUT2D eigenvalue weighted by Gasteiger charge is 2.45. The summed E-state index contributed by atoms with van der Waals surface area (Å²) in [6, 6.07) is 6.55. The van der Waals surface area contributed by atoms with E-state index in [0.29, 0.717) is 5.56 Å². The van der Waals surface area contributed by atoms with Crippen molar-refractivity contribution < 1.29 is 54.8 Å². The number of hydrogen-bond donors (Lipinski definition) is 7. The van der Waals surface area contributed by atoms with Crippen LogP contribution in [0.25, 0.3) is 0 Å². The lowest BCUT2D eigenvalue weighted by atomic mass is 9.95. The van der Waals surface area contributed by atoms with Gasteiger partial charge in [0, 0.05) is 0 Å². The summed E-state index contributed by atoms with van der Waals surface area (Å²) in [4.78, 5) is 12.6. The predicted molar refractivity (Wildman–Crippen MR) is 105 cm³/mol. The molecule has 7 N–H and O–H groups in total. The van der Waals surface area contributed by atoms with E-state index in [0.717, 1.165) is 0 Å². The number of carbonyl (C=O) groups is 1. The van der Waals surface area contributed by atoms with E-state index in [-0.39, 0.29) is 35.0 Å². The minimum absolute atomic E-state index is 0.0798. The van der Waals surface area contributed by atoms with Gasteiger partial charge in [-0.25, -0.2) is 0 Å². The molecule has 1 saturated heterocycles. The third-order valence-electron chi connectivity index (χ3n) is 5.49. The summed E-state index contributed by atoms with van der Waals surface area (Å²) in [5, 5.41) is 69.1. The van der Waals surface area contributed by atoms with Crippen molar-refractivity contribution >= 4 is 5.78 Å². The number of hydrogen-bond acceptors (Lipinski definition) is 11. The Morgan fingerprint density at radius 3 is 2.41 bits per heavy atom. The van der Waals surface area contributed by atoms with Crippen molar-refractivity contribution in [1.82, 2.24) is 0 Å². The van der Waals surface area contributed by atoms with Crippen LogP contribution < -0.4 is 9.47 Å². The van der Waals surface area contributed by atoms with E-state index in [9.17, 15) is 40.5 Å². The maximum absolute atomic E-state index is 12.6. The third-order valence-corrected chi connectivity index (χ3v) is 5.49. The molecular weight excluding hydrogens is 428 g/mol. The first-order valence-electron chi connectivity index (χ1n) is 9.76. The largest absolute Gasteiger partial charge is 0.504 e. The van der Waals surface area contributed by atoms with Gasteiger partial charge in [0.2, 0.25) is 12.0 Å². The minimum Gasteiger partial charge on any atom is -0.504 e. The first kappa shape index (κ1) is 22.1. The number of phenols is 3. The number of aliphatic hydroxyl groups excluding tert-OH is 4. The molecule has 6 atom stereocenters. The Morgan fingerprint density at radius 2 is 1.72 bits per heavy atom. The molecule has 0 unspecified atom stereocenters. The van der Waals surface area contributed by atoms with Gasteiger partial charge in [0.1, 0.15) is 30.5 Å². The van der Waals surface area contributed by atoms with E-state index in [1.54, 1.807) is 0 Å². The molecule has 2 aromatic rings. The Hall–Kier alpha value is -3.09. The van der Waals surface area contributed by atoms with E-state index >= 15 is 0 Å². The van der Waals surface area contributed by atoms with Crippen LogP contribution in [0.1, 0.15) is 28.4 Å². The molecule has 11 nitrogen and oxygen atoms in total. The van der Waals surface area contributed by atoms with Gasteiger partial charge in [-0.2, -0.15) is 0 Å². The second kappa shape index (κ2) is 8.45. The highest BCUT2D eigenvalue weighted by Crippen LogP contribution is 2.46. The minimum atomic E-state index is -1.70. The van der Waals surface area contributed by atoms with Crippen LogP contribution in [-0.2, 0) is 4.74 Å². The number of aliphatic hydroxyl groups is 4. The van der Waals surface area contributed by atoms with E-state index in [4.69, 9.17) is 14.2 Å². The zero-order chi connectivity index (χ0) is 23.2. The number of ketones is 1. The molecule has 2 aliphatic heterocycles. The van der Waals surface area contributed by atoms with Crippen LogP contribution >= 0.6 is 0 Å². The van der Waals surface area contributed by atoms with Gasteiger partial charge in [0.15, 0.2) is 28.8 Å². The first-order chi connectivity index (χ1) is 15.2. The Balaban J connectivity index is 1.61. The number of rotatable bonds is 4. The van der Waals surface area contributed by atoms with Crippen molar-refractivity contribution in [2.75, 3.05) is 6.61 Å². The summed E-state index contributed by atoms with van der Waals surface area (Å²) in [5.41, 5.74) is 0.474. The molecule has 0 saturated carbocycles. The predicted octanol–water partition coefficient (Wildman–Crippen LogP) is -0.311. The fourth-order valence-corrected chi connectivity index (χ4v) is 3.67. The van der Waals surface area contributed by atoms with Gasteiger partial charge >= 0.3 is 0 Å². The summed E-state index contributed by atoms with van der Waals surface area (Å²) in [6.07, 6.45) is -8.64. The molecule has 0 radical (unpaired) electrons. The van der Waals surface area contributed by atoms with Crippen LogP contribution in [0.3, 0.4) is 0 Å². The number of Topliss-reactive ketones (excluding diaryl/α,β-unsaturated/α-hetero) is 1. The summed E-state index contributed by atoms with van der Waals surface area (Å²) >= 11 is 0. The van der Waals surface area contributed by atoms with Crippen molar-refractivity contribution in [1.29, 1.82) is 0 Å². The van der Waals surface area contributed by atoms with Crippen molar-refractivity contribution in [2.24, 2.45) is 0 Å². The van der Waals surface area contributed by atoms with E-state index in [1.165, 1.54) is 30.3 Å². The molecule has 1 fully saturated rings. The highest BCUT2D eigenvalue weighted by atomic mass is 16.7. The average molecular weight is 450 g/mol. The number of benzene rings is 2. The molecule has 2 aliphatic rings. The molecule has 4 rings (SSSR count). The molecule has 2 aromatic carbocycles. The maximum Gasteiger partial charge on any atom is 0.229 e. The Labute approximate surface area is 181 Å². The first-order valence-corrected chi connectivity index (χ1v) is 9.76. The topological polar surface area (TPSA) is 186 Å². The van der Waals surface area contributed by atoms with E-state index in [2.05, 4.69) is 0 Å². The van der Waals surface area contributed by atoms with Gasteiger partial charge < -0.3 is 50.0 Å². The Bertz CT molecular complexity index is 1020. The highest BCUT2D eigenvalue weighted by molar-refractivity contribution is 6.01. The van der Waals surface area contributed by atoms with Gasteiger partial charge in [-0.1, -0.05) is 6.07 Å². The second-order valence-electron chi connectivity index (χ2n) is 7.59. The maximum atomic E-state index is 12.6. The molecule has 0 bridgehead atoms. The number of carbonyl (C=O) groups excluding carboxylic acids is 1. The normalized spacial score (nSPS) is 29.8. The van der Waals surface area contributed by atoms with E-state index in [1.807, 2.05) is 0 Å². The number of aromatic hydroxyl groups is 3. The van der Waals surface area contributed by atoms with Gasteiger partial charge in [-0.15, -0.1) is 0 Å². The van der Waals surface area contributed by atoms with Crippen molar-refractivity contribution in [2.45, 2.75) is 43.2 Å². The van der Waals surface area contributed by atoms with Gasteiger partial charge in [0.25, 0.3) is 0 Å². The monoisotopic (exact) mass is 450 g/mol. The van der Waals surface area contributed by atoms with Crippen LogP contribution in [0.5, 0.6) is 28.7 Å².